The van der Waals surface area contributed by atoms with E-state index in [4.69, 9.17) is 11.1 Å². The van der Waals surface area contributed by atoms with E-state index in [0.29, 0.717) is 10.9 Å². The van der Waals surface area contributed by atoms with Gasteiger partial charge in [0.25, 0.3) is 5.91 Å². The highest BCUT2D eigenvalue weighted by Gasteiger charge is 2.32. The summed E-state index contributed by atoms with van der Waals surface area (Å²) in [6, 6.07) is 13.5. The van der Waals surface area contributed by atoms with Crippen molar-refractivity contribution in [3.63, 3.8) is 0 Å². The van der Waals surface area contributed by atoms with Crippen LogP contribution in [0.15, 0.2) is 54.6 Å². The molecule has 0 aliphatic carbocycles. The van der Waals surface area contributed by atoms with Gasteiger partial charge in [0.1, 0.15) is 5.75 Å². The molecule has 0 aliphatic heterocycles. The second-order valence-corrected chi connectivity index (χ2v) is 5.48. The van der Waals surface area contributed by atoms with E-state index in [-0.39, 0.29) is 16.8 Å². The van der Waals surface area contributed by atoms with Gasteiger partial charge >= 0.3 is 6.36 Å². The molecule has 0 saturated heterocycles. The molecule has 0 unspecified atom stereocenters. The van der Waals surface area contributed by atoms with Gasteiger partial charge < -0.3 is 10.5 Å². The first-order valence-electron chi connectivity index (χ1n) is 7.65. The van der Waals surface area contributed by atoms with Crippen molar-refractivity contribution in [1.29, 1.82) is 5.41 Å². The van der Waals surface area contributed by atoms with Gasteiger partial charge in [-0.3, -0.25) is 15.5 Å². The van der Waals surface area contributed by atoms with E-state index in [2.05, 4.69) is 15.0 Å². The van der Waals surface area contributed by atoms with Crippen molar-refractivity contribution < 1.29 is 22.7 Å². The Hall–Kier alpha value is -3.62. The molecule has 0 bridgehead atoms. The first-order valence-corrected chi connectivity index (χ1v) is 7.65. The maximum absolute atomic E-state index is 12.7. The summed E-state index contributed by atoms with van der Waals surface area (Å²) in [6.07, 6.45) is -4.87. The summed E-state index contributed by atoms with van der Waals surface area (Å²) >= 11 is 0. The van der Waals surface area contributed by atoms with E-state index in [1.54, 1.807) is 24.3 Å². The number of carbonyl (C=O) groups is 1. The molecule has 6 nitrogen and oxygen atoms in total. The van der Waals surface area contributed by atoms with Crippen LogP contribution >= 0.6 is 0 Å². The molecule has 1 amide bonds. The van der Waals surface area contributed by atoms with Crippen LogP contribution in [-0.2, 0) is 0 Å². The Balaban J connectivity index is 2.19. The molecule has 9 heteroatoms. The van der Waals surface area contributed by atoms with Crippen molar-refractivity contribution in [2.24, 2.45) is 5.73 Å². The van der Waals surface area contributed by atoms with Crippen LogP contribution in [0.4, 0.5) is 13.2 Å². The molecule has 0 spiro atoms. The van der Waals surface area contributed by atoms with Crippen molar-refractivity contribution >= 4 is 22.8 Å². The molecule has 0 atom stereocenters. The Morgan fingerprint density at radius 2 is 1.78 bits per heavy atom. The molecule has 0 saturated carbocycles. The van der Waals surface area contributed by atoms with E-state index >= 15 is 0 Å². The number of guanidine groups is 1. The number of hydrogen-bond acceptors (Lipinski definition) is 4. The van der Waals surface area contributed by atoms with Crippen LogP contribution in [0.1, 0.15) is 10.4 Å². The number of aromatic nitrogens is 1. The minimum Gasteiger partial charge on any atom is -0.405 e. The van der Waals surface area contributed by atoms with E-state index in [9.17, 15) is 18.0 Å². The Kier molecular flexibility index (Phi) is 4.68. The molecule has 0 fully saturated rings. The molecule has 1 heterocycles. The van der Waals surface area contributed by atoms with E-state index in [1.807, 2.05) is 0 Å². The van der Waals surface area contributed by atoms with Crippen molar-refractivity contribution in [3.8, 4) is 17.0 Å². The third-order valence-electron chi connectivity index (χ3n) is 3.60. The number of nitrogens with one attached hydrogen (secondary N) is 2. The number of alkyl halides is 3. The highest BCUT2D eigenvalue weighted by Crippen LogP contribution is 2.34. The fourth-order valence-electron chi connectivity index (χ4n) is 2.58. The lowest BCUT2D eigenvalue weighted by molar-refractivity contribution is -0.274. The third kappa shape index (κ3) is 4.14. The number of amides is 1. The number of halogens is 3. The molecule has 1 aromatic heterocycles. The normalized spacial score (nSPS) is 11.2. The number of rotatable bonds is 3. The van der Waals surface area contributed by atoms with Gasteiger partial charge in [0, 0.05) is 10.9 Å². The van der Waals surface area contributed by atoms with Crippen LogP contribution in [0.5, 0.6) is 5.75 Å². The fourth-order valence-corrected chi connectivity index (χ4v) is 2.58. The number of ether oxygens (including phenoxy) is 1. The molecular weight excluding hydrogens is 361 g/mol. The lowest BCUT2D eigenvalue weighted by Crippen LogP contribution is -2.35. The van der Waals surface area contributed by atoms with Gasteiger partial charge in [-0.05, 0) is 24.3 Å². The molecule has 4 N–H and O–H groups in total. The number of para-hydroxylation sites is 2. The predicted molar refractivity (Wildman–Crippen MR) is 93.2 cm³/mol. The fraction of sp³-hybridized carbons (Fsp3) is 0.0556. The number of nitrogens with two attached hydrogens (primary N) is 1. The summed E-state index contributed by atoms with van der Waals surface area (Å²) in [5, 5.41) is 9.85. The summed E-state index contributed by atoms with van der Waals surface area (Å²) in [5.41, 5.74) is 5.90. The topological polar surface area (TPSA) is 101 Å². The minimum absolute atomic E-state index is 0.0671. The largest absolute Gasteiger partial charge is 0.573 e. The molecule has 0 radical (unpaired) electrons. The number of carbonyl (C=O) groups excluding carboxylic acids is 1. The second kappa shape index (κ2) is 6.94. The summed E-state index contributed by atoms with van der Waals surface area (Å²) < 4.78 is 42.2. The van der Waals surface area contributed by atoms with Crippen LogP contribution in [0.3, 0.4) is 0 Å². The quantitative estimate of drug-likeness (QED) is 0.483. The lowest BCUT2D eigenvalue weighted by atomic mass is 10.0. The van der Waals surface area contributed by atoms with Gasteiger partial charge in [-0.15, -0.1) is 13.2 Å². The summed E-state index contributed by atoms with van der Waals surface area (Å²) in [6.45, 7) is 0. The van der Waals surface area contributed by atoms with Gasteiger partial charge in [-0.2, -0.15) is 0 Å². The zero-order valence-corrected chi connectivity index (χ0v) is 13.7. The first-order chi connectivity index (χ1) is 12.7. The number of benzene rings is 2. The monoisotopic (exact) mass is 374 g/mol. The maximum atomic E-state index is 12.7. The van der Waals surface area contributed by atoms with Gasteiger partial charge in [-0.25, -0.2) is 4.98 Å². The zero-order chi connectivity index (χ0) is 19.6. The molecular formula is C18H13F3N4O2. The van der Waals surface area contributed by atoms with Crippen LogP contribution < -0.4 is 15.8 Å². The van der Waals surface area contributed by atoms with Crippen molar-refractivity contribution in [3.05, 3.63) is 60.2 Å². The van der Waals surface area contributed by atoms with Gasteiger partial charge in [-0.1, -0.05) is 30.3 Å². The summed E-state index contributed by atoms with van der Waals surface area (Å²) in [7, 11) is 0. The average molecular weight is 374 g/mol. The van der Waals surface area contributed by atoms with Gasteiger partial charge in [0.05, 0.1) is 16.8 Å². The number of nitrogens with zero attached hydrogens (tertiary/aromatic N) is 1. The number of fused-ring (bicyclic) bond motifs is 1. The highest BCUT2D eigenvalue weighted by molar-refractivity contribution is 6.12. The highest BCUT2D eigenvalue weighted by atomic mass is 19.4. The average Bonchev–Trinajstić information content (AvgIpc) is 2.59. The number of pyridine rings is 1. The summed E-state index contributed by atoms with van der Waals surface area (Å²) in [4.78, 5) is 16.7. The Morgan fingerprint density at radius 3 is 2.48 bits per heavy atom. The van der Waals surface area contributed by atoms with Crippen LogP contribution in [0.2, 0.25) is 0 Å². The molecule has 0 aliphatic rings. The van der Waals surface area contributed by atoms with Crippen molar-refractivity contribution in [1.82, 2.24) is 10.3 Å². The smallest absolute Gasteiger partial charge is 0.405 e. The third-order valence-corrected chi connectivity index (χ3v) is 3.60. The Labute approximate surface area is 151 Å². The number of hydrogen-bond donors (Lipinski definition) is 3. The molecule has 3 rings (SSSR count). The van der Waals surface area contributed by atoms with Crippen LogP contribution in [0, 0.1) is 5.41 Å². The lowest BCUT2D eigenvalue weighted by Gasteiger charge is -2.14. The minimum atomic E-state index is -4.87. The van der Waals surface area contributed by atoms with E-state index in [0.717, 1.165) is 6.07 Å². The van der Waals surface area contributed by atoms with Crippen molar-refractivity contribution in [2.75, 3.05) is 0 Å². The molecule has 138 valence electrons. The van der Waals surface area contributed by atoms with Crippen LogP contribution in [0.25, 0.3) is 22.2 Å². The first kappa shape index (κ1) is 18.2. The maximum Gasteiger partial charge on any atom is 0.573 e. The zero-order valence-electron chi connectivity index (χ0n) is 13.7. The SMILES string of the molecule is N=C(N)NC(=O)c1cc(-c2ccccc2OC(F)(F)F)nc2ccccc12. The molecule has 27 heavy (non-hydrogen) atoms. The molecule has 3 aromatic rings. The van der Waals surface area contributed by atoms with Crippen LogP contribution in [-0.4, -0.2) is 23.2 Å². The Bertz CT molecular complexity index is 1030. The van der Waals surface area contributed by atoms with Gasteiger partial charge in [0.2, 0.25) is 0 Å². The standard InChI is InChI=1S/C18H13F3N4O2/c19-18(20,21)27-15-8-4-2-6-11(15)14-9-12(16(26)25-17(22)23)10-5-1-3-7-13(10)24-14/h1-9H,(H4,22,23,25,26). The molecule has 2 aromatic carbocycles. The Morgan fingerprint density at radius 1 is 1.11 bits per heavy atom. The van der Waals surface area contributed by atoms with E-state index < -0.39 is 24.0 Å². The van der Waals surface area contributed by atoms with Crippen molar-refractivity contribution in [2.45, 2.75) is 6.36 Å². The van der Waals surface area contributed by atoms with Gasteiger partial charge in [0.15, 0.2) is 5.96 Å². The summed E-state index contributed by atoms with van der Waals surface area (Å²) in [5.74, 6) is -1.66. The predicted octanol–water partition coefficient (Wildman–Crippen LogP) is 3.42. The van der Waals surface area contributed by atoms with E-state index in [1.165, 1.54) is 24.3 Å². The second-order valence-electron chi connectivity index (χ2n) is 5.48.